The SMILES string of the molecule is C[Si](=[Zr])c1ccccc1.Cl.Cl.[C-]1=CC=CC1.[CH3-].[CH3-]. The molecule has 2 rings (SSSR count). The van der Waals surface area contributed by atoms with Crippen LogP contribution in [0.3, 0.4) is 0 Å². The van der Waals surface area contributed by atoms with Gasteiger partial charge in [-0.1, -0.05) is 0 Å². The first-order valence-corrected chi connectivity index (χ1v) is 10.3. The molecule has 1 aromatic carbocycles. The van der Waals surface area contributed by atoms with Crippen LogP contribution >= 0.6 is 24.8 Å². The fourth-order valence-corrected chi connectivity index (χ4v) is 2.95. The van der Waals surface area contributed by atoms with Crippen LogP contribution in [0.25, 0.3) is 0 Å². The first-order chi connectivity index (χ1) is 6.80. The summed E-state index contributed by atoms with van der Waals surface area (Å²) in [5.41, 5.74) is -0.122. The third-order valence-electron chi connectivity index (χ3n) is 1.79. The Morgan fingerprint density at radius 3 is 1.89 bits per heavy atom. The van der Waals surface area contributed by atoms with Gasteiger partial charge in [0.2, 0.25) is 0 Å². The number of allylic oxidation sites excluding steroid dienone is 4. The second-order valence-electron chi connectivity index (χ2n) is 2.99. The van der Waals surface area contributed by atoms with E-state index in [9.17, 15) is 0 Å². The molecular formula is C14H21Cl2SiZr-3. The number of hydrogen-bond donors (Lipinski definition) is 0. The molecule has 0 atom stereocenters. The minimum atomic E-state index is -0.122. The summed E-state index contributed by atoms with van der Waals surface area (Å²) in [5, 5.41) is 1.56. The summed E-state index contributed by atoms with van der Waals surface area (Å²) in [6, 6.07) is 10.8. The van der Waals surface area contributed by atoms with Gasteiger partial charge in [-0.15, -0.1) is 31.2 Å². The van der Waals surface area contributed by atoms with Gasteiger partial charge in [-0.05, 0) is 0 Å². The molecule has 0 nitrogen and oxygen atoms in total. The summed E-state index contributed by atoms with van der Waals surface area (Å²) >= 11 is 1.69. The Bertz CT molecular complexity index is 338. The zero-order valence-corrected chi connectivity index (χ0v) is 16.2. The molecule has 0 saturated carbocycles. The third kappa shape index (κ3) is 12.8. The van der Waals surface area contributed by atoms with Gasteiger partial charge in [0.1, 0.15) is 0 Å². The smallest absolute Gasteiger partial charge is 0.109 e. The van der Waals surface area contributed by atoms with Crippen LogP contribution in [0.5, 0.6) is 0 Å². The largest absolute Gasteiger partial charge is 0.358 e. The van der Waals surface area contributed by atoms with E-state index >= 15 is 0 Å². The minimum absolute atomic E-state index is 0. The van der Waals surface area contributed by atoms with E-state index in [1.807, 2.05) is 12.2 Å². The van der Waals surface area contributed by atoms with Crippen molar-refractivity contribution in [3.63, 3.8) is 0 Å². The molecule has 0 heterocycles. The Kier molecular flexibility index (Phi) is 25.9. The van der Waals surface area contributed by atoms with Gasteiger partial charge in [0, 0.05) is 0 Å². The van der Waals surface area contributed by atoms with Gasteiger partial charge in [0.05, 0.1) is 0 Å². The van der Waals surface area contributed by atoms with Crippen molar-refractivity contribution >= 4 is 35.4 Å². The normalized spacial score (nSPS) is 9.33. The average molecular weight is 380 g/mol. The molecule has 1 aromatic rings. The second-order valence-corrected chi connectivity index (χ2v) is 10.4. The average Bonchev–Trinajstić information content (AvgIpc) is 2.77. The van der Waals surface area contributed by atoms with Crippen molar-refractivity contribution in [3.05, 3.63) is 69.5 Å². The Morgan fingerprint density at radius 1 is 1.11 bits per heavy atom. The van der Waals surface area contributed by atoms with Gasteiger partial charge in [-0.2, -0.15) is 6.08 Å². The fourth-order valence-electron chi connectivity index (χ4n) is 1.03. The van der Waals surface area contributed by atoms with Gasteiger partial charge in [-0.3, -0.25) is 6.08 Å². The van der Waals surface area contributed by atoms with Gasteiger partial charge < -0.3 is 14.9 Å². The topological polar surface area (TPSA) is 0 Å². The number of benzene rings is 1. The Morgan fingerprint density at radius 2 is 1.67 bits per heavy atom. The monoisotopic (exact) mass is 377 g/mol. The summed E-state index contributed by atoms with van der Waals surface area (Å²) in [6.45, 7) is 2.35. The molecular weight excluding hydrogens is 358 g/mol. The number of rotatable bonds is 1. The van der Waals surface area contributed by atoms with E-state index in [0.717, 1.165) is 6.42 Å². The van der Waals surface area contributed by atoms with Crippen molar-refractivity contribution in [3.8, 4) is 0 Å². The molecule has 0 N–H and O–H groups in total. The zero-order valence-electron chi connectivity index (χ0n) is 11.1. The standard InChI is InChI=1S/C7H8Si.C5H5.2CH3.2ClH.Zr/c1-8-7-5-3-2-4-6-7;1-2-4-5-3-1;;;;;/h2-6H,1H3;1-3H,4H2;2*1H3;2*1H;/q;3*-1;;;. The molecule has 102 valence electrons. The van der Waals surface area contributed by atoms with E-state index in [1.54, 1.807) is 28.5 Å². The van der Waals surface area contributed by atoms with Crippen LogP contribution < -0.4 is 5.19 Å². The quantitative estimate of drug-likeness (QED) is 0.509. The third-order valence-corrected chi connectivity index (χ3v) is 5.12. The van der Waals surface area contributed by atoms with Crippen molar-refractivity contribution in [2.45, 2.75) is 13.0 Å². The summed E-state index contributed by atoms with van der Waals surface area (Å²) in [4.78, 5) is 0. The molecule has 1 aliphatic carbocycles. The molecule has 0 unspecified atom stereocenters. The van der Waals surface area contributed by atoms with Crippen molar-refractivity contribution in [1.82, 2.24) is 0 Å². The molecule has 0 aliphatic heterocycles. The van der Waals surface area contributed by atoms with E-state index in [0.29, 0.717) is 0 Å². The molecule has 4 heteroatoms. The molecule has 0 amide bonds. The Balaban J connectivity index is -0.0000000969. The van der Waals surface area contributed by atoms with Crippen molar-refractivity contribution in [2.75, 3.05) is 0 Å². The maximum atomic E-state index is 2.99. The molecule has 18 heavy (non-hydrogen) atoms. The number of halogens is 2. The van der Waals surface area contributed by atoms with Crippen LogP contribution in [0.4, 0.5) is 0 Å². The molecule has 0 radical (unpaired) electrons. The summed E-state index contributed by atoms with van der Waals surface area (Å²) in [6.07, 6.45) is 10.0. The van der Waals surface area contributed by atoms with E-state index < -0.39 is 0 Å². The zero-order chi connectivity index (χ0) is 10.2. The minimum Gasteiger partial charge on any atom is -0.358 e. The maximum absolute atomic E-state index is 2.99. The summed E-state index contributed by atoms with van der Waals surface area (Å²) in [7, 11) is 0. The summed E-state index contributed by atoms with van der Waals surface area (Å²) < 4.78 is 0. The molecule has 1 aliphatic rings. The predicted octanol–water partition coefficient (Wildman–Crippen LogP) is 4.11. The van der Waals surface area contributed by atoms with Gasteiger partial charge in [-0.25, -0.2) is 12.2 Å². The van der Waals surface area contributed by atoms with E-state index in [4.69, 9.17) is 0 Å². The molecule has 0 aromatic heterocycles. The van der Waals surface area contributed by atoms with Crippen LogP contribution in [-0.4, -0.2) is 5.43 Å². The van der Waals surface area contributed by atoms with Gasteiger partial charge in [0.15, 0.2) is 0 Å². The van der Waals surface area contributed by atoms with Crippen molar-refractivity contribution < 1.29 is 23.3 Å². The fraction of sp³-hybridized carbons (Fsp3) is 0.143. The Hall–Kier alpha value is 0.380. The molecule has 0 fully saturated rings. The van der Waals surface area contributed by atoms with Crippen molar-refractivity contribution in [2.24, 2.45) is 0 Å². The van der Waals surface area contributed by atoms with E-state index in [-0.39, 0.29) is 45.1 Å². The van der Waals surface area contributed by atoms with Crippen LogP contribution in [0, 0.1) is 20.9 Å². The first kappa shape index (κ1) is 26.8. The van der Waals surface area contributed by atoms with Gasteiger partial charge >= 0.3 is 70.8 Å². The van der Waals surface area contributed by atoms with Crippen LogP contribution in [0.2, 0.25) is 6.55 Å². The molecule has 0 bridgehead atoms. The van der Waals surface area contributed by atoms with E-state index in [1.165, 1.54) is 0 Å². The summed E-state index contributed by atoms with van der Waals surface area (Å²) in [5.74, 6) is 0. The maximum Gasteiger partial charge on any atom is -0.109 e. The van der Waals surface area contributed by atoms with Crippen LogP contribution in [0.15, 0.2) is 48.6 Å². The number of hydrogen-bond acceptors (Lipinski definition) is 0. The van der Waals surface area contributed by atoms with Crippen molar-refractivity contribution in [1.29, 1.82) is 0 Å². The predicted molar refractivity (Wildman–Crippen MR) is 86.6 cm³/mol. The second kappa shape index (κ2) is 17.4. The van der Waals surface area contributed by atoms with Crippen LogP contribution in [-0.2, 0) is 23.3 Å². The van der Waals surface area contributed by atoms with Gasteiger partial charge in [0.25, 0.3) is 0 Å². The molecule has 0 spiro atoms. The first-order valence-electron chi connectivity index (χ1n) is 4.63. The van der Waals surface area contributed by atoms with Crippen LogP contribution in [0.1, 0.15) is 6.42 Å². The molecule has 0 saturated heterocycles. The Labute approximate surface area is 140 Å². The van der Waals surface area contributed by atoms with E-state index in [2.05, 4.69) is 49.0 Å².